The van der Waals surface area contributed by atoms with Gasteiger partial charge in [-0.15, -0.1) is 0 Å². The average Bonchev–Trinajstić information content (AvgIpc) is 2.67. The molecule has 0 aliphatic heterocycles. The molecule has 0 radical (unpaired) electrons. The third-order valence-corrected chi connectivity index (χ3v) is 7.64. The lowest BCUT2D eigenvalue weighted by Crippen LogP contribution is -2.23. The van der Waals surface area contributed by atoms with Gasteiger partial charge in [0.15, 0.2) is 0 Å². The summed E-state index contributed by atoms with van der Waals surface area (Å²) < 4.78 is 14.3. The van der Waals surface area contributed by atoms with Crippen LogP contribution in [0.15, 0.2) is 73.3 Å². The van der Waals surface area contributed by atoms with E-state index < -0.39 is 7.14 Å². The molecule has 0 saturated carbocycles. The quantitative estimate of drug-likeness (QED) is 0.560. The van der Waals surface area contributed by atoms with Crippen LogP contribution in [0.25, 0.3) is 6.08 Å². The summed E-state index contributed by atoms with van der Waals surface area (Å²) in [4.78, 5) is 13.7. The van der Waals surface area contributed by atoms with Crippen molar-refractivity contribution < 1.29 is 9.36 Å². The topological polar surface area (TPSA) is 34.1 Å². The lowest BCUT2D eigenvalue weighted by atomic mass is 10.0. The normalized spacial score (nSPS) is 13.0. The molecule has 1 atom stereocenters. The maximum atomic E-state index is 14.3. The van der Waals surface area contributed by atoms with Crippen LogP contribution in [-0.2, 0) is 4.57 Å². The van der Waals surface area contributed by atoms with Gasteiger partial charge in [0.1, 0.15) is 0 Å². The van der Waals surface area contributed by atoms with Crippen molar-refractivity contribution in [1.82, 2.24) is 0 Å². The SMILES string of the molecule is C=Cc1ccc(P(=O)(C(=O)c2c(C)cc(C)cc2C)c2ccccc2)cc1. The predicted molar refractivity (Wildman–Crippen MR) is 115 cm³/mol. The van der Waals surface area contributed by atoms with Crippen LogP contribution in [0.4, 0.5) is 0 Å². The summed E-state index contributed by atoms with van der Waals surface area (Å²) in [5.74, 6) is 0. The zero-order valence-corrected chi connectivity index (χ0v) is 16.8. The summed E-state index contributed by atoms with van der Waals surface area (Å²) in [6.45, 7) is 9.57. The predicted octanol–water partition coefficient (Wildman–Crippen LogP) is 5.41. The van der Waals surface area contributed by atoms with E-state index in [1.807, 2.05) is 63.2 Å². The second kappa shape index (κ2) is 7.50. The largest absolute Gasteiger partial charge is 0.305 e. The van der Waals surface area contributed by atoms with E-state index in [1.54, 1.807) is 30.3 Å². The number of benzene rings is 3. The molecule has 0 N–H and O–H groups in total. The maximum absolute atomic E-state index is 14.3. The van der Waals surface area contributed by atoms with Crippen LogP contribution in [-0.4, -0.2) is 5.52 Å². The molecule has 0 amide bonds. The molecule has 3 aromatic rings. The van der Waals surface area contributed by atoms with Gasteiger partial charge in [-0.25, -0.2) is 0 Å². The van der Waals surface area contributed by atoms with E-state index in [2.05, 4.69) is 6.58 Å². The summed E-state index contributed by atoms with van der Waals surface area (Å²) in [6, 6.07) is 20.2. The van der Waals surface area contributed by atoms with Gasteiger partial charge in [-0.2, -0.15) is 0 Å². The van der Waals surface area contributed by atoms with Crippen molar-refractivity contribution in [2.45, 2.75) is 20.8 Å². The van der Waals surface area contributed by atoms with Crippen LogP contribution in [0.2, 0.25) is 0 Å². The summed E-state index contributed by atoms with van der Waals surface area (Å²) in [7, 11) is -3.51. The molecule has 3 heteroatoms. The van der Waals surface area contributed by atoms with Gasteiger partial charge in [-0.3, -0.25) is 4.79 Å². The third kappa shape index (κ3) is 3.46. The Morgan fingerprint density at radius 1 is 0.852 bits per heavy atom. The first-order chi connectivity index (χ1) is 12.9. The van der Waals surface area contributed by atoms with Crippen LogP contribution >= 0.6 is 7.14 Å². The highest BCUT2D eigenvalue weighted by Gasteiger charge is 2.37. The number of hydrogen-bond donors (Lipinski definition) is 0. The summed E-state index contributed by atoms with van der Waals surface area (Å²) in [6.07, 6.45) is 1.73. The molecule has 136 valence electrons. The van der Waals surface area contributed by atoms with Crippen molar-refractivity contribution in [3.63, 3.8) is 0 Å². The Hall–Kier alpha value is -2.70. The molecule has 0 aromatic heterocycles. The van der Waals surface area contributed by atoms with Crippen LogP contribution in [0.3, 0.4) is 0 Å². The molecule has 1 unspecified atom stereocenters. The van der Waals surface area contributed by atoms with Gasteiger partial charge in [0, 0.05) is 16.2 Å². The number of rotatable bonds is 5. The molecule has 0 saturated heterocycles. The number of aryl methyl sites for hydroxylation is 3. The minimum atomic E-state index is -3.51. The molecule has 0 heterocycles. The van der Waals surface area contributed by atoms with Gasteiger partial charge in [-0.05, 0) is 37.5 Å². The Kier molecular flexibility index (Phi) is 5.30. The summed E-state index contributed by atoms with van der Waals surface area (Å²) >= 11 is 0. The molecule has 0 aliphatic carbocycles. The second-order valence-corrected chi connectivity index (χ2v) is 9.48. The summed E-state index contributed by atoms with van der Waals surface area (Å²) in [5.41, 5.74) is 3.98. The second-order valence-electron chi connectivity index (χ2n) is 6.82. The van der Waals surface area contributed by atoms with Crippen molar-refractivity contribution in [3.8, 4) is 0 Å². The molecule has 3 rings (SSSR count). The average molecular weight is 374 g/mol. The van der Waals surface area contributed by atoms with Gasteiger partial charge < -0.3 is 4.57 Å². The Morgan fingerprint density at radius 3 is 1.89 bits per heavy atom. The Labute approximate surface area is 160 Å². The van der Waals surface area contributed by atoms with Gasteiger partial charge in [-0.1, -0.05) is 84.9 Å². The Bertz CT molecular complexity index is 1020. The monoisotopic (exact) mass is 374 g/mol. The van der Waals surface area contributed by atoms with E-state index in [-0.39, 0.29) is 5.52 Å². The standard InChI is InChI=1S/C24H23O2P/c1-5-20-11-13-22(14-12-20)27(26,21-9-7-6-8-10-21)24(25)23-18(3)15-17(2)16-19(23)4/h5-16H,1H2,2-4H3. The zero-order chi connectivity index (χ0) is 19.6. The van der Waals surface area contributed by atoms with Gasteiger partial charge in [0.2, 0.25) is 12.7 Å². The van der Waals surface area contributed by atoms with Gasteiger partial charge >= 0.3 is 0 Å². The van der Waals surface area contributed by atoms with Crippen molar-refractivity contribution in [2.24, 2.45) is 0 Å². The van der Waals surface area contributed by atoms with E-state index in [0.29, 0.717) is 16.2 Å². The number of carbonyl (C=O) groups is 1. The first kappa shape index (κ1) is 19.1. The highest BCUT2D eigenvalue weighted by molar-refractivity contribution is 7.93. The minimum absolute atomic E-state index is 0.310. The van der Waals surface area contributed by atoms with Crippen LogP contribution in [0.5, 0.6) is 0 Å². The third-order valence-electron chi connectivity index (χ3n) is 4.79. The number of hydrogen-bond acceptors (Lipinski definition) is 2. The van der Waals surface area contributed by atoms with E-state index in [4.69, 9.17) is 0 Å². The molecular formula is C24H23O2P. The van der Waals surface area contributed by atoms with Crippen LogP contribution in [0, 0.1) is 20.8 Å². The molecule has 0 spiro atoms. The highest BCUT2D eigenvalue weighted by atomic mass is 31.2. The van der Waals surface area contributed by atoms with E-state index in [0.717, 1.165) is 22.3 Å². The fourth-order valence-corrected chi connectivity index (χ4v) is 6.11. The molecule has 0 aliphatic rings. The molecule has 27 heavy (non-hydrogen) atoms. The lowest BCUT2D eigenvalue weighted by molar-refractivity contribution is 0.107. The lowest BCUT2D eigenvalue weighted by Gasteiger charge is -2.21. The van der Waals surface area contributed by atoms with E-state index in [1.165, 1.54) is 0 Å². The van der Waals surface area contributed by atoms with Crippen molar-refractivity contribution >= 4 is 29.4 Å². The smallest absolute Gasteiger partial charge is 0.230 e. The first-order valence-electron chi connectivity index (χ1n) is 8.89. The number of carbonyl (C=O) groups excluding carboxylic acids is 1. The van der Waals surface area contributed by atoms with Crippen molar-refractivity contribution in [3.05, 3.63) is 101 Å². The fraction of sp³-hybridized carbons (Fsp3) is 0.125. The van der Waals surface area contributed by atoms with E-state index >= 15 is 0 Å². The van der Waals surface area contributed by atoms with Gasteiger partial charge in [0.05, 0.1) is 0 Å². The van der Waals surface area contributed by atoms with E-state index in [9.17, 15) is 9.36 Å². The van der Waals surface area contributed by atoms with Crippen LogP contribution < -0.4 is 10.6 Å². The summed E-state index contributed by atoms with van der Waals surface area (Å²) in [5, 5.41) is 1.10. The first-order valence-corrected chi connectivity index (χ1v) is 10.6. The maximum Gasteiger partial charge on any atom is 0.230 e. The van der Waals surface area contributed by atoms with Crippen LogP contribution in [0.1, 0.15) is 32.6 Å². The Balaban J connectivity index is 2.26. The molecular weight excluding hydrogens is 351 g/mol. The molecule has 3 aromatic carbocycles. The van der Waals surface area contributed by atoms with Crippen molar-refractivity contribution in [2.75, 3.05) is 0 Å². The Morgan fingerprint density at radius 2 is 1.37 bits per heavy atom. The van der Waals surface area contributed by atoms with Crippen molar-refractivity contribution in [1.29, 1.82) is 0 Å². The minimum Gasteiger partial charge on any atom is -0.305 e. The molecule has 2 nitrogen and oxygen atoms in total. The zero-order valence-electron chi connectivity index (χ0n) is 15.9. The van der Waals surface area contributed by atoms with Gasteiger partial charge in [0.25, 0.3) is 0 Å². The molecule has 0 fully saturated rings. The molecule has 0 bridgehead atoms. The highest BCUT2D eigenvalue weighted by Crippen LogP contribution is 2.48. The fourth-order valence-electron chi connectivity index (χ4n) is 3.52.